The van der Waals surface area contributed by atoms with E-state index in [1.54, 1.807) is 26.0 Å². The van der Waals surface area contributed by atoms with Crippen molar-refractivity contribution >= 4 is 21.6 Å². The molecule has 1 aromatic carbocycles. The van der Waals surface area contributed by atoms with Crippen LogP contribution in [-0.4, -0.2) is 44.6 Å². The number of carbonyl (C=O) groups excluding carboxylic acids is 1. The Labute approximate surface area is 126 Å². The van der Waals surface area contributed by atoms with Crippen LogP contribution in [0.5, 0.6) is 5.75 Å². The highest BCUT2D eigenvalue weighted by atomic mass is 32.2. The fraction of sp³-hybridized carbons (Fsp3) is 0.500. The van der Waals surface area contributed by atoms with Gasteiger partial charge >= 0.3 is 0 Å². The van der Waals surface area contributed by atoms with Crippen molar-refractivity contribution < 1.29 is 17.9 Å². The van der Waals surface area contributed by atoms with Gasteiger partial charge < -0.3 is 10.1 Å². The summed E-state index contributed by atoms with van der Waals surface area (Å²) in [6, 6.07) is 5.11. The SMILES string of the molecule is COc1ccc(C)cc1NC(=O)CN(C(C)C)S(C)(=O)=O. The molecule has 0 aliphatic heterocycles. The van der Waals surface area contributed by atoms with Gasteiger partial charge in [-0.05, 0) is 38.5 Å². The molecule has 0 aromatic heterocycles. The second kappa shape index (κ2) is 6.91. The third kappa shape index (κ3) is 5.02. The lowest BCUT2D eigenvalue weighted by molar-refractivity contribution is -0.116. The van der Waals surface area contributed by atoms with Gasteiger partial charge in [0, 0.05) is 6.04 Å². The highest BCUT2D eigenvalue weighted by Gasteiger charge is 2.23. The molecular weight excluding hydrogens is 292 g/mol. The predicted octanol–water partition coefficient (Wildman–Crippen LogP) is 1.61. The van der Waals surface area contributed by atoms with Crippen molar-refractivity contribution in [1.29, 1.82) is 0 Å². The van der Waals surface area contributed by atoms with Gasteiger partial charge in [0.2, 0.25) is 15.9 Å². The number of hydrogen-bond acceptors (Lipinski definition) is 4. The van der Waals surface area contributed by atoms with E-state index >= 15 is 0 Å². The van der Waals surface area contributed by atoms with Crippen LogP contribution in [0.4, 0.5) is 5.69 Å². The molecule has 118 valence electrons. The summed E-state index contributed by atoms with van der Waals surface area (Å²) in [5, 5.41) is 2.69. The third-order valence-electron chi connectivity index (χ3n) is 2.93. The molecule has 1 amide bonds. The van der Waals surface area contributed by atoms with Crippen molar-refractivity contribution in [2.45, 2.75) is 26.8 Å². The first-order valence-corrected chi connectivity index (χ1v) is 8.41. The van der Waals surface area contributed by atoms with Crippen LogP contribution < -0.4 is 10.1 Å². The van der Waals surface area contributed by atoms with E-state index in [0.29, 0.717) is 11.4 Å². The van der Waals surface area contributed by atoms with Crippen LogP contribution in [0, 0.1) is 6.92 Å². The third-order valence-corrected chi connectivity index (χ3v) is 4.33. The van der Waals surface area contributed by atoms with E-state index in [1.165, 1.54) is 7.11 Å². The minimum atomic E-state index is -3.43. The topological polar surface area (TPSA) is 75.7 Å². The number of anilines is 1. The van der Waals surface area contributed by atoms with E-state index in [1.807, 2.05) is 13.0 Å². The quantitative estimate of drug-likeness (QED) is 0.865. The van der Waals surface area contributed by atoms with Crippen LogP contribution in [0.2, 0.25) is 0 Å². The van der Waals surface area contributed by atoms with Crippen LogP contribution in [0.15, 0.2) is 18.2 Å². The average molecular weight is 314 g/mol. The smallest absolute Gasteiger partial charge is 0.239 e. The number of sulfonamides is 1. The number of carbonyl (C=O) groups is 1. The zero-order valence-electron chi connectivity index (χ0n) is 13.0. The molecule has 0 aliphatic rings. The first kappa shape index (κ1) is 17.5. The van der Waals surface area contributed by atoms with E-state index in [2.05, 4.69) is 5.32 Å². The first-order chi connectivity index (χ1) is 9.65. The summed E-state index contributed by atoms with van der Waals surface area (Å²) >= 11 is 0. The lowest BCUT2D eigenvalue weighted by Crippen LogP contribution is -2.41. The van der Waals surface area contributed by atoms with Crippen molar-refractivity contribution in [3.8, 4) is 5.75 Å². The maximum Gasteiger partial charge on any atom is 0.239 e. The fourth-order valence-corrected chi connectivity index (χ4v) is 3.05. The Kier molecular flexibility index (Phi) is 5.74. The Bertz CT molecular complexity index is 611. The van der Waals surface area contributed by atoms with E-state index < -0.39 is 15.9 Å². The maximum atomic E-state index is 12.1. The van der Waals surface area contributed by atoms with Crippen LogP contribution >= 0.6 is 0 Å². The molecule has 0 atom stereocenters. The number of amides is 1. The number of rotatable bonds is 6. The van der Waals surface area contributed by atoms with Gasteiger partial charge in [0.05, 0.1) is 25.6 Å². The number of ether oxygens (including phenoxy) is 1. The van der Waals surface area contributed by atoms with Crippen molar-refractivity contribution in [2.75, 3.05) is 25.2 Å². The number of hydrogen-bond donors (Lipinski definition) is 1. The number of methoxy groups -OCH3 is 1. The minimum absolute atomic E-state index is 0.229. The van der Waals surface area contributed by atoms with Crippen molar-refractivity contribution in [2.24, 2.45) is 0 Å². The largest absolute Gasteiger partial charge is 0.495 e. The summed E-state index contributed by atoms with van der Waals surface area (Å²) in [6.07, 6.45) is 1.09. The molecule has 0 heterocycles. The predicted molar refractivity (Wildman–Crippen MR) is 83.0 cm³/mol. The van der Waals surface area contributed by atoms with Gasteiger partial charge in [-0.25, -0.2) is 8.42 Å². The van der Waals surface area contributed by atoms with E-state index in [0.717, 1.165) is 16.1 Å². The van der Waals surface area contributed by atoms with Gasteiger partial charge in [-0.3, -0.25) is 4.79 Å². The number of nitrogens with one attached hydrogen (secondary N) is 1. The normalized spacial score (nSPS) is 11.8. The summed E-state index contributed by atoms with van der Waals surface area (Å²) in [4.78, 5) is 12.1. The molecule has 0 unspecified atom stereocenters. The van der Waals surface area contributed by atoms with Gasteiger partial charge in [-0.15, -0.1) is 0 Å². The summed E-state index contributed by atoms with van der Waals surface area (Å²) in [5.41, 5.74) is 1.50. The van der Waals surface area contributed by atoms with Gasteiger partial charge in [-0.2, -0.15) is 4.31 Å². The monoisotopic (exact) mass is 314 g/mol. The van der Waals surface area contributed by atoms with Crippen LogP contribution in [0.3, 0.4) is 0 Å². The van der Waals surface area contributed by atoms with Gasteiger partial charge in [0.1, 0.15) is 5.75 Å². The van der Waals surface area contributed by atoms with Crippen molar-refractivity contribution in [3.63, 3.8) is 0 Å². The van der Waals surface area contributed by atoms with Crippen LogP contribution in [0.25, 0.3) is 0 Å². The lowest BCUT2D eigenvalue weighted by Gasteiger charge is -2.23. The molecule has 21 heavy (non-hydrogen) atoms. The maximum absolute atomic E-state index is 12.1. The highest BCUT2D eigenvalue weighted by Crippen LogP contribution is 2.25. The Morgan fingerprint density at radius 3 is 2.48 bits per heavy atom. The summed E-state index contributed by atoms with van der Waals surface area (Å²) < 4.78 is 29.6. The van der Waals surface area contributed by atoms with Gasteiger partial charge in [0.15, 0.2) is 0 Å². The summed E-state index contributed by atoms with van der Waals surface area (Å²) in [7, 11) is -1.92. The molecule has 0 aliphatic carbocycles. The molecule has 1 aromatic rings. The molecule has 0 saturated carbocycles. The molecule has 1 N–H and O–H groups in total. The van der Waals surface area contributed by atoms with Crippen LogP contribution in [-0.2, 0) is 14.8 Å². The standard InChI is InChI=1S/C14H22N2O4S/c1-10(2)16(21(5,18)19)9-14(17)15-12-8-11(3)6-7-13(12)20-4/h6-8,10H,9H2,1-5H3,(H,15,17). The average Bonchev–Trinajstić information content (AvgIpc) is 2.34. The van der Waals surface area contributed by atoms with E-state index in [4.69, 9.17) is 4.74 Å². The molecule has 6 nitrogen and oxygen atoms in total. The Balaban J connectivity index is 2.89. The Morgan fingerprint density at radius 2 is 2.00 bits per heavy atom. The number of benzene rings is 1. The lowest BCUT2D eigenvalue weighted by atomic mass is 10.2. The van der Waals surface area contributed by atoms with Gasteiger partial charge in [-0.1, -0.05) is 6.07 Å². The molecule has 0 spiro atoms. The minimum Gasteiger partial charge on any atom is -0.495 e. The highest BCUT2D eigenvalue weighted by molar-refractivity contribution is 7.88. The molecular formula is C14H22N2O4S. The number of aryl methyl sites for hydroxylation is 1. The van der Waals surface area contributed by atoms with Crippen molar-refractivity contribution in [1.82, 2.24) is 4.31 Å². The first-order valence-electron chi connectivity index (χ1n) is 6.56. The number of nitrogens with zero attached hydrogens (tertiary/aromatic N) is 1. The summed E-state index contributed by atoms with van der Waals surface area (Å²) in [5.74, 6) is 0.127. The van der Waals surface area contributed by atoms with E-state index in [9.17, 15) is 13.2 Å². The molecule has 0 fully saturated rings. The second-order valence-electron chi connectivity index (χ2n) is 5.15. The molecule has 7 heteroatoms. The van der Waals surface area contributed by atoms with Gasteiger partial charge in [0.25, 0.3) is 0 Å². The molecule has 0 saturated heterocycles. The molecule has 1 rings (SSSR count). The molecule has 0 radical (unpaired) electrons. The molecule has 0 bridgehead atoms. The second-order valence-corrected chi connectivity index (χ2v) is 7.09. The van der Waals surface area contributed by atoms with Crippen molar-refractivity contribution in [3.05, 3.63) is 23.8 Å². The zero-order chi connectivity index (χ0) is 16.2. The fourth-order valence-electron chi connectivity index (χ4n) is 1.93. The van der Waals surface area contributed by atoms with Crippen LogP contribution in [0.1, 0.15) is 19.4 Å². The van der Waals surface area contributed by atoms with E-state index in [-0.39, 0.29) is 12.6 Å². The summed E-state index contributed by atoms with van der Waals surface area (Å²) in [6.45, 7) is 5.11. The Morgan fingerprint density at radius 1 is 1.38 bits per heavy atom. The zero-order valence-corrected chi connectivity index (χ0v) is 13.8. The Hall–Kier alpha value is -1.60.